The van der Waals surface area contributed by atoms with E-state index >= 15 is 0 Å². The van der Waals surface area contributed by atoms with Gasteiger partial charge in [0.2, 0.25) is 11.8 Å². The van der Waals surface area contributed by atoms with Crippen LogP contribution >= 0.6 is 11.6 Å². The van der Waals surface area contributed by atoms with Crippen molar-refractivity contribution in [3.05, 3.63) is 40.9 Å². The number of benzene rings is 1. The van der Waals surface area contributed by atoms with Crippen molar-refractivity contribution in [2.45, 2.75) is 24.8 Å². The van der Waals surface area contributed by atoms with Crippen molar-refractivity contribution >= 4 is 29.1 Å². The average molecular weight is 358 g/mol. The van der Waals surface area contributed by atoms with Gasteiger partial charge in [-0.25, -0.2) is 4.90 Å². The van der Waals surface area contributed by atoms with Crippen molar-refractivity contribution in [3.63, 3.8) is 0 Å². The monoisotopic (exact) mass is 357 g/mol. The summed E-state index contributed by atoms with van der Waals surface area (Å²) in [4.78, 5) is 26.2. The van der Waals surface area contributed by atoms with E-state index in [1.165, 1.54) is 0 Å². The molecule has 8 heteroatoms. The molecule has 4 nitrogen and oxygen atoms in total. The van der Waals surface area contributed by atoms with Crippen molar-refractivity contribution in [1.82, 2.24) is 0 Å². The standard InChI is InChI=1S/C16H11ClF3NO3/c1-15-5-4-10(24-15)11-12(15)14(23)21(13(11)22)9-6-7(16(18,19)20)2-3-8(9)17/h2-6,10-12H,1H3/t10-,11+,12+,15+/m0/s1. The molecule has 2 saturated heterocycles. The highest BCUT2D eigenvalue weighted by molar-refractivity contribution is 6.36. The minimum atomic E-state index is -4.60. The number of amides is 2. The number of hydrogen-bond donors (Lipinski definition) is 0. The number of imide groups is 1. The Labute approximate surface area is 139 Å². The Morgan fingerprint density at radius 2 is 1.96 bits per heavy atom. The van der Waals surface area contributed by atoms with Crippen LogP contribution in [0.2, 0.25) is 5.02 Å². The van der Waals surface area contributed by atoms with Gasteiger partial charge in [-0.3, -0.25) is 9.59 Å². The van der Waals surface area contributed by atoms with Crippen LogP contribution < -0.4 is 4.90 Å². The molecule has 0 aliphatic carbocycles. The van der Waals surface area contributed by atoms with Crippen LogP contribution in [0.3, 0.4) is 0 Å². The van der Waals surface area contributed by atoms with Crippen LogP contribution in [-0.4, -0.2) is 23.5 Å². The first-order chi connectivity index (χ1) is 11.1. The number of nitrogens with zero attached hydrogens (tertiary/aromatic N) is 1. The van der Waals surface area contributed by atoms with Crippen LogP contribution in [0.5, 0.6) is 0 Å². The third-order valence-electron chi connectivity index (χ3n) is 4.84. The summed E-state index contributed by atoms with van der Waals surface area (Å²) in [6, 6.07) is 2.59. The van der Waals surface area contributed by atoms with E-state index in [0.29, 0.717) is 0 Å². The van der Waals surface area contributed by atoms with Crippen molar-refractivity contribution in [2.24, 2.45) is 11.8 Å². The lowest BCUT2D eigenvalue weighted by molar-refractivity contribution is -0.137. The fraction of sp³-hybridized carbons (Fsp3) is 0.375. The van der Waals surface area contributed by atoms with Gasteiger partial charge < -0.3 is 4.74 Å². The number of carbonyl (C=O) groups is 2. The van der Waals surface area contributed by atoms with Crippen LogP contribution in [0, 0.1) is 11.8 Å². The van der Waals surface area contributed by atoms with Crippen LogP contribution in [0.1, 0.15) is 12.5 Å². The number of fused-ring (bicyclic) bond motifs is 5. The number of anilines is 1. The van der Waals surface area contributed by atoms with Crippen LogP contribution in [0.15, 0.2) is 30.4 Å². The van der Waals surface area contributed by atoms with E-state index in [4.69, 9.17) is 16.3 Å². The summed E-state index contributed by atoms with van der Waals surface area (Å²) in [6.07, 6.45) is -1.70. The normalized spacial score (nSPS) is 34.4. The molecule has 3 aliphatic rings. The zero-order chi connectivity index (χ0) is 17.4. The second-order valence-corrected chi connectivity index (χ2v) is 6.71. The summed E-state index contributed by atoms with van der Waals surface area (Å²) >= 11 is 5.98. The molecule has 2 bridgehead atoms. The second-order valence-electron chi connectivity index (χ2n) is 6.30. The lowest BCUT2D eigenvalue weighted by Crippen LogP contribution is -2.38. The van der Waals surface area contributed by atoms with Gasteiger partial charge in [0, 0.05) is 0 Å². The lowest BCUT2D eigenvalue weighted by Gasteiger charge is -2.24. The molecule has 0 aromatic heterocycles. The average Bonchev–Trinajstić information content (AvgIpc) is 3.08. The zero-order valence-electron chi connectivity index (χ0n) is 12.3. The SMILES string of the molecule is C[C@]12C=C[C@H](O1)[C@H]1C(=O)N(c3cc(C(F)(F)F)ccc3Cl)C(=O)[C@@H]12. The zero-order valence-corrected chi connectivity index (χ0v) is 13.1. The summed E-state index contributed by atoms with van der Waals surface area (Å²) in [5.41, 5.74) is -2.12. The van der Waals surface area contributed by atoms with Crippen molar-refractivity contribution in [2.75, 3.05) is 4.90 Å². The maximum absolute atomic E-state index is 12.9. The van der Waals surface area contributed by atoms with Crippen LogP contribution in [-0.2, 0) is 20.5 Å². The Kier molecular flexibility index (Phi) is 3.01. The fourth-order valence-electron chi connectivity index (χ4n) is 3.75. The van der Waals surface area contributed by atoms with Crippen molar-refractivity contribution in [3.8, 4) is 0 Å². The van der Waals surface area contributed by atoms with Gasteiger partial charge in [0.15, 0.2) is 0 Å². The summed E-state index contributed by atoms with van der Waals surface area (Å²) in [5, 5.41) is -0.0870. The molecule has 2 fully saturated rings. The third kappa shape index (κ3) is 1.91. The molecular formula is C16H11ClF3NO3. The second kappa shape index (κ2) is 4.61. The van der Waals surface area contributed by atoms with Gasteiger partial charge in [-0.1, -0.05) is 23.8 Å². The summed E-state index contributed by atoms with van der Waals surface area (Å²) < 4.78 is 44.5. The maximum Gasteiger partial charge on any atom is 0.416 e. The molecule has 0 spiro atoms. The van der Waals surface area contributed by atoms with E-state index in [0.717, 1.165) is 23.1 Å². The Hall–Kier alpha value is -1.86. The number of alkyl halides is 3. The van der Waals surface area contributed by atoms with E-state index in [1.54, 1.807) is 19.1 Å². The number of rotatable bonds is 1. The molecule has 4 atom stereocenters. The van der Waals surface area contributed by atoms with Gasteiger partial charge in [-0.05, 0) is 25.1 Å². The summed E-state index contributed by atoms with van der Waals surface area (Å²) in [7, 11) is 0. The molecule has 3 aliphatic heterocycles. The molecule has 2 amide bonds. The molecule has 4 rings (SSSR count). The molecule has 126 valence electrons. The third-order valence-corrected chi connectivity index (χ3v) is 5.16. The first-order valence-corrected chi connectivity index (χ1v) is 7.63. The molecule has 0 unspecified atom stereocenters. The number of ether oxygens (including phenoxy) is 1. The summed E-state index contributed by atoms with van der Waals surface area (Å²) in [5.74, 6) is -2.63. The topological polar surface area (TPSA) is 46.6 Å². The molecule has 24 heavy (non-hydrogen) atoms. The van der Waals surface area contributed by atoms with Gasteiger partial charge in [-0.2, -0.15) is 13.2 Å². The van der Waals surface area contributed by atoms with Crippen molar-refractivity contribution < 1.29 is 27.5 Å². The highest BCUT2D eigenvalue weighted by Crippen LogP contribution is 2.53. The van der Waals surface area contributed by atoms with Gasteiger partial charge in [0.1, 0.15) is 0 Å². The fourth-order valence-corrected chi connectivity index (χ4v) is 3.95. The molecule has 1 aromatic carbocycles. The molecule has 1 aromatic rings. The number of halogens is 4. The minimum Gasteiger partial charge on any atom is -0.362 e. The largest absolute Gasteiger partial charge is 0.416 e. The minimum absolute atomic E-state index is 0.0870. The van der Waals surface area contributed by atoms with E-state index in [9.17, 15) is 22.8 Å². The Morgan fingerprint density at radius 3 is 2.58 bits per heavy atom. The predicted octanol–water partition coefficient (Wildman–Crippen LogP) is 3.19. The number of carbonyl (C=O) groups excluding carboxylic acids is 2. The molecule has 0 saturated carbocycles. The van der Waals surface area contributed by atoms with Gasteiger partial charge in [0.05, 0.1) is 39.8 Å². The Morgan fingerprint density at radius 1 is 1.25 bits per heavy atom. The smallest absolute Gasteiger partial charge is 0.362 e. The quantitative estimate of drug-likeness (QED) is 0.573. The first-order valence-electron chi connectivity index (χ1n) is 7.25. The lowest BCUT2D eigenvalue weighted by atomic mass is 9.78. The number of hydrogen-bond acceptors (Lipinski definition) is 3. The van der Waals surface area contributed by atoms with Gasteiger partial charge in [-0.15, -0.1) is 0 Å². The maximum atomic E-state index is 12.9. The first kappa shape index (κ1) is 15.7. The van der Waals surface area contributed by atoms with Crippen molar-refractivity contribution in [1.29, 1.82) is 0 Å². The van der Waals surface area contributed by atoms with E-state index < -0.39 is 47.1 Å². The molecule has 0 N–H and O–H groups in total. The Balaban J connectivity index is 1.80. The highest BCUT2D eigenvalue weighted by atomic mass is 35.5. The van der Waals surface area contributed by atoms with Crippen LogP contribution in [0.25, 0.3) is 0 Å². The van der Waals surface area contributed by atoms with E-state index in [1.807, 2.05) is 0 Å². The summed E-state index contributed by atoms with van der Waals surface area (Å²) in [6.45, 7) is 1.69. The molecule has 0 radical (unpaired) electrons. The van der Waals surface area contributed by atoms with Crippen LogP contribution in [0.4, 0.5) is 18.9 Å². The molecule has 3 heterocycles. The van der Waals surface area contributed by atoms with Gasteiger partial charge >= 0.3 is 6.18 Å². The predicted molar refractivity (Wildman–Crippen MR) is 78.3 cm³/mol. The molecular weight excluding hydrogens is 347 g/mol. The van der Waals surface area contributed by atoms with Gasteiger partial charge in [0.25, 0.3) is 0 Å². The van der Waals surface area contributed by atoms with E-state index in [2.05, 4.69) is 0 Å². The van der Waals surface area contributed by atoms with E-state index in [-0.39, 0.29) is 10.7 Å². The highest BCUT2D eigenvalue weighted by Gasteiger charge is 2.66. The Bertz CT molecular complexity index is 806.